The van der Waals surface area contributed by atoms with Gasteiger partial charge in [-0.05, 0) is 0 Å². The summed E-state index contributed by atoms with van der Waals surface area (Å²) in [7, 11) is 0. The van der Waals surface area contributed by atoms with Crippen LogP contribution in [0.2, 0.25) is 0 Å². The van der Waals surface area contributed by atoms with Crippen molar-refractivity contribution in [3.8, 4) is 0 Å². The minimum absolute atomic E-state index is 0.469. The van der Waals surface area contributed by atoms with Crippen molar-refractivity contribution in [2.45, 2.75) is 6.18 Å². The molecule has 0 spiro atoms. The molecule has 0 aliphatic heterocycles. The standard InChI is InChI=1S/C5H4F3N3O/c6-5(7,8)2-1-10-11-4(12)3(2)9/h1H,(H2,9,10)(H,11,12). The van der Waals surface area contributed by atoms with E-state index in [2.05, 4.69) is 5.10 Å². The fourth-order valence-corrected chi connectivity index (χ4v) is 0.633. The number of nitrogens with one attached hydrogen (secondary N) is 1. The van der Waals surface area contributed by atoms with E-state index in [0.717, 1.165) is 0 Å². The van der Waals surface area contributed by atoms with Crippen LogP contribution in [0.1, 0.15) is 5.56 Å². The average molecular weight is 179 g/mol. The molecule has 4 nitrogen and oxygen atoms in total. The molecular weight excluding hydrogens is 175 g/mol. The van der Waals surface area contributed by atoms with E-state index in [-0.39, 0.29) is 0 Å². The topological polar surface area (TPSA) is 71.8 Å². The molecule has 0 unspecified atom stereocenters. The lowest BCUT2D eigenvalue weighted by Crippen LogP contribution is -2.20. The third-order valence-corrected chi connectivity index (χ3v) is 1.20. The van der Waals surface area contributed by atoms with Crippen molar-refractivity contribution < 1.29 is 13.2 Å². The number of aromatic amines is 1. The number of aromatic nitrogens is 2. The van der Waals surface area contributed by atoms with Gasteiger partial charge in [0.15, 0.2) is 0 Å². The molecule has 12 heavy (non-hydrogen) atoms. The van der Waals surface area contributed by atoms with Crippen molar-refractivity contribution in [1.82, 2.24) is 10.2 Å². The van der Waals surface area contributed by atoms with E-state index in [1.54, 1.807) is 5.10 Å². The van der Waals surface area contributed by atoms with Crippen LogP contribution in [-0.2, 0) is 6.18 Å². The number of anilines is 1. The Bertz CT molecular complexity index is 343. The maximum absolute atomic E-state index is 12.0. The molecule has 0 aliphatic rings. The smallest absolute Gasteiger partial charge is 0.394 e. The van der Waals surface area contributed by atoms with E-state index >= 15 is 0 Å². The normalized spacial score (nSPS) is 11.6. The number of nitrogens with zero attached hydrogens (tertiary/aromatic N) is 1. The van der Waals surface area contributed by atoms with Gasteiger partial charge in [0.05, 0.1) is 6.20 Å². The number of nitrogens with two attached hydrogens (primary N) is 1. The Hall–Kier alpha value is -1.53. The zero-order valence-corrected chi connectivity index (χ0v) is 5.64. The van der Waals surface area contributed by atoms with Gasteiger partial charge in [-0.15, -0.1) is 0 Å². The highest BCUT2D eigenvalue weighted by atomic mass is 19.4. The van der Waals surface area contributed by atoms with Crippen LogP contribution in [0.3, 0.4) is 0 Å². The third kappa shape index (κ3) is 1.39. The van der Waals surface area contributed by atoms with Crippen molar-refractivity contribution >= 4 is 5.69 Å². The number of hydrogen-bond donors (Lipinski definition) is 2. The van der Waals surface area contributed by atoms with E-state index in [1.165, 1.54) is 0 Å². The molecule has 1 heterocycles. The number of halogens is 3. The van der Waals surface area contributed by atoms with Crippen LogP contribution >= 0.6 is 0 Å². The minimum Gasteiger partial charge on any atom is -0.394 e. The summed E-state index contributed by atoms with van der Waals surface area (Å²) in [4.78, 5) is 10.5. The van der Waals surface area contributed by atoms with Crippen LogP contribution in [0.4, 0.5) is 18.9 Å². The first-order valence-electron chi connectivity index (χ1n) is 2.83. The number of rotatable bonds is 0. The van der Waals surface area contributed by atoms with Crippen LogP contribution in [0.5, 0.6) is 0 Å². The van der Waals surface area contributed by atoms with Crippen molar-refractivity contribution in [2.24, 2.45) is 0 Å². The molecule has 0 aliphatic carbocycles. The van der Waals surface area contributed by atoms with E-state index in [4.69, 9.17) is 5.73 Å². The van der Waals surface area contributed by atoms with Crippen molar-refractivity contribution in [3.63, 3.8) is 0 Å². The minimum atomic E-state index is -4.63. The molecule has 0 saturated carbocycles. The molecule has 0 amide bonds. The van der Waals surface area contributed by atoms with Gasteiger partial charge in [-0.25, -0.2) is 5.10 Å². The highest BCUT2D eigenvalue weighted by molar-refractivity contribution is 5.44. The van der Waals surface area contributed by atoms with Gasteiger partial charge in [0, 0.05) is 0 Å². The predicted octanol–water partition coefficient (Wildman–Crippen LogP) is 0.371. The Morgan fingerprint density at radius 1 is 1.50 bits per heavy atom. The van der Waals surface area contributed by atoms with Gasteiger partial charge >= 0.3 is 6.18 Å². The predicted molar refractivity (Wildman–Crippen MR) is 34.3 cm³/mol. The van der Waals surface area contributed by atoms with Gasteiger partial charge in [0.2, 0.25) is 0 Å². The zero-order chi connectivity index (χ0) is 9.35. The van der Waals surface area contributed by atoms with Gasteiger partial charge in [-0.3, -0.25) is 4.79 Å². The number of alkyl halides is 3. The molecule has 1 rings (SSSR count). The van der Waals surface area contributed by atoms with Crippen LogP contribution in [0.15, 0.2) is 11.0 Å². The molecule has 0 bridgehead atoms. The maximum atomic E-state index is 12.0. The number of nitrogen functional groups attached to an aromatic ring is 1. The van der Waals surface area contributed by atoms with Gasteiger partial charge in [-0.2, -0.15) is 18.3 Å². The summed E-state index contributed by atoms with van der Waals surface area (Å²) in [6.45, 7) is 0. The second-order valence-electron chi connectivity index (χ2n) is 2.02. The summed E-state index contributed by atoms with van der Waals surface area (Å²) in [6, 6.07) is 0. The monoisotopic (exact) mass is 179 g/mol. The highest BCUT2D eigenvalue weighted by Crippen LogP contribution is 2.30. The molecule has 0 radical (unpaired) electrons. The second-order valence-corrected chi connectivity index (χ2v) is 2.02. The molecule has 3 N–H and O–H groups in total. The fourth-order valence-electron chi connectivity index (χ4n) is 0.633. The summed E-state index contributed by atoms with van der Waals surface area (Å²) in [5.74, 6) is 0. The molecule has 7 heteroatoms. The molecule has 0 saturated heterocycles. The van der Waals surface area contributed by atoms with Crippen molar-refractivity contribution in [1.29, 1.82) is 0 Å². The van der Waals surface area contributed by atoms with E-state index in [0.29, 0.717) is 6.20 Å². The summed E-state index contributed by atoms with van der Waals surface area (Å²) >= 11 is 0. The molecule has 1 aromatic rings. The van der Waals surface area contributed by atoms with E-state index < -0.39 is 23.0 Å². The third-order valence-electron chi connectivity index (χ3n) is 1.20. The van der Waals surface area contributed by atoms with Crippen LogP contribution in [0.25, 0.3) is 0 Å². The Balaban J connectivity index is 3.36. The maximum Gasteiger partial charge on any atom is 0.420 e. The largest absolute Gasteiger partial charge is 0.420 e. The summed E-state index contributed by atoms with van der Waals surface area (Å²) in [5, 5.41) is 4.76. The molecular formula is C5H4F3N3O. The Morgan fingerprint density at radius 2 is 2.08 bits per heavy atom. The van der Waals surface area contributed by atoms with Crippen LogP contribution in [-0.4, -0.2) is 10.2 Å². The molecule has 0 atom stereocenters. The lowest BCUT2D eigenvalue weighted by molar-refractivity contribution is -0.137. The van der Waals surface area contributed by atoms with Gasteiger partial charge in [0.25, 0.3) is 5.56 Å². The Kier molecular flexibility index (Phi) is 1.79. The van der Waals surface area contributed by atoms with Crippen molar-refractivity contribution in [2.75, 3.05) is 5.73 Å². The van der Waals surface area contributed by atoms with E-state index in [1.807, 2.05) is 0 Å². The molecule has 0 aromatic carbocycles. The first kappa shape index (κ1) is 8.57. The average Bonchev–Trinajstić information content (AvgIpc) is 1.92. The number of H-pyrrole nitrogens is 1. The highest BCUT2D eigenvalue weighted by Gasteiger charge is 2.34. The summed E-state index contributed by atoms with van der Waals surface area (Å²) < 4.78 is 35.9. The summed E-state index contributed by atoms with van der Waals surface area (Å²) in [6.07, 6.45) is -4.16. The fraction of sp³-hybridized carbons (Fsp3) is 0.200. The number of hydrogen-bond acceptors (Lipinski definition) is 3. The zero-order valence-electron chi connectivity index (χ0n) is 5.64. The van der Waals surface area contributed by atoms with Crippen LogP contribution < -0.4 is 11.3 Å². The molecule has 66 valence electrons. The molecule has 0 fully saturated rings. The first-order valence-corrected chi connectivity index (χ1v) is 2.83. The SMILES string of the molecule is Nc1c(C(F)(F)F)cn[nH]c1=O. The Labute approximate surface area is 64.2 Å². The van der Waals surface area contributed by atoms with E-state index in [9.17, 15) is 18.0 Å². The van der Waals surface area contributed by atoms with Crippen molar-refractivity contribution in [3.05, 3.63) is 22.1 Å². The lowest BCUT2D eigenvalue weighted by Gasteiger charge is -2.06. The van der Waals surface area contributed by atoms with Gasteiger partial charge in [-0.1, -0.05) is 0 Å². The second kappa shape index (κ2) is 2.50. The Morgan fingerprint density at radius 3 is 2.50 bits per heavy atom. The van der Waals surface area contributed by atoms with Crippen LogP contribution in [0, 0.1) is 0 Å². The quantitative estimate of drug-likeness (QED) is 0.604. The van der Waals surface area contributed by atoms with Gasteiger partial charge in [0.1, 0.15) is 11.3 Å². The first-order chi connectivity index (χ1) is 5.43. The molecule has 1 aromatic heterocycles. The lowest BCUT2D eigenvalue weighted by atomic mass is 10.2. The summed E-state index contributed by atoms with van der Waals surface area (Å²) in [5.41, 5.74) is 1.75. The van der Waals surface area contributed by atoms with Gasteiger partial charge < -0.3 is 5.73 Å².